The van der Waals surface area contributed by atoms with E-state index < -0.39 is 30.3 Å². The number of thioether (sulfide) groups is 1. The molecule has 1 atom stereocenters. The van der Waals surface area contributed by atoms with Crippen molar-refractivity contribution in [3.8, 4) is 0 Å². The number of hydrogen-bond donors (Lipinski definition) is 3. The number of benzene rings is 1. The minimum atomic E-state index is -1.44. The Hall–Kier alpha value is -2.02. The summed E-state index contributed by atoms with van der Waals surface area (Å²) in [6.45, 7) is 0. The van der Waals surface area contributed by atoms with Crippen LogP contribution in [0, 0.1) is 0 Å². The monoisotopic (exact) mass is 283 g/mol. The third-order valence-electron chi connectivity index (χ3n) is 2.33. The molecule has 0 bridgehead atoms. The number of aliphatic carboxylic acids is 2. The molecule has 19 heavy (non-hydrogen) atoms. The molecule has 102 valence electrons. The van der Waals surface area contributed by atoms with Gasteiger partial charge in [-0.1, -0.05) is 12.1 Å². The number of hydrogen-bond acceptors (Lipinski definition) is 4. The maximum atomic E-state index is 11.9. The average Bonchev–Trinajstić information content (AvgIpc) is 2.37. The van der Waals surface area contributed by atoms with Gasteiger partial charge in [0.2, 0.25) is 0 Å². The van der Waals surface area contributed by atoms with Gasteiger partial charge in [0.1, 0.15) is 6.04 Å². The Bertz CT molecular complexity index is 503. The first-order valence-electron chi connectivity index (χ1n) is 5.34. The molecular weight excluding hydrogens is 270 g/mol. The van der Waals surface area contributed by atoms with Gasteiger partial charge in [0, 0.05) is 4.90 Å². The Morgan fingerprint density at radius 1 is 1.26 bits per heavy atom. The summed E-state index contributed by atoms with van der Waals surface area (Å²) in [5.41, 5.74) is 0.326. The van der Waals surface area contributed by atoms with Crippen LogP contribution in [0.3, 0.4) is 0 Å². The minimum Gasteiger partial charge on any atom is -0.481 e. The molecule has 1 aromatic rings. The van der Waals surface area contributed by atoms with Crippen molar-refractivity contribution in [2.75, 3.05) is 6.26 Å². The molecular formula is C12H13NO5S. The summed E-state index contributed by atoms with van der Waals surface area (Å²) >= 11 is 1.35. The zero-order valence-corrected chi connectivity index (χ0v) is 10.9. The molecule has 0 aliphatic rings. The molecule has 0 heterocycles. The van der Waals surface area contributed by atoms with Crippen molar-refractivity contribution in [1.29, 1.82) is 0 Å². The van der Waals surface area contributed by atoms with Crippen LogP contribution in [-0.4, -0.2) is 40.4 Å². The second-order valence-electron chi connectivity index (χ2n) is 3.66. The van der Waals surface area contributed by atoms with Gasteiger partial charge in [-0.25, -0.2) is 4.79 Å². The van der Waals surface area contributed by atoms with Crippen LogP contribution in [-0.2, 0) is 9.59 Å². The molecule has 6 nitrogen and oxygen atoms in total. The fourth-order valence-corrected chi connectivity index (χ4v) is 2.04. The molecule has 0 spiro atoms. The van der Waals surface area contributed by atoms with Gasteiger partial charge in [0.25, 0.3) is 5.91 Å². The van der Waals surface area contributed by atoms with E-state index in [2.05, 4.69) is 5.32 Å². The van der Waals surface area contributed by atoms with Crippen LogP contribution in [0.4, 0.5) is 0 Å². The second-order valence-corrected chi connectivity index (χ2v) is 4.51. The molecule has 0 aliphatic carbocycles. The van der Waals surface area contributed by atoms with E-state index in [9.17, 15) is 14.4 Å². The van der Waals surface area contributed by atoms with E-state index in [4.69, 9.17) is 10.2 Å². The number of amides is 1. The van der Waals surface area contributed by atoms with Gasteiger partial charge >= 0.3 is 11.9 Å². The molecule has 0 saturated carbocycles. The highest BCUT2D eigenvalue weighted by Crippen LogP contribution is 2.19. The lowest BCUT2D eigenvalue weighted by Gasteiger charge is -2.13. The number of carboxylic acids is 2. The van der Waals surface area contributed by atoms with Gasteiger partial charge in [-0.15, -0.1) is 11.8 Å². The van der Waals surface area contributed by atoms with Crippen molar-refractivity contribution in [3.63, 3.8) is 0 Å². The topological polar surface area (TPSA) is 104 Å². The number of nitrogens with one attached hydrogen (secondary N) is 1. The molecule has 1 amide bonds. The van der Waals surface area contributed by atoms with E-state index in [-0.39, 0.29) is 0 Å². The molecule has 1 rings (SSSR count). The first kappa shape index (κ1) is 15.0. The van der Waals surface area contributed by atoms with E-state index in [1.807, 2.05) is 0 Å². The second kappa shape index (κ2) is 6.79. The zero-order chi connectivity index (χ0) is 14.4. The van der Waals surface area contributed by atoms with Gasteiger partial charge in [0.05, 0.1) is 12.0 Å². The van der Waals surface area contributed by atoms with Crippen LogP contribution in [0.5, 0.6) is 0 Å². The van der Waals surface area contributed by atoms with Crippen LogP contribution in [0.15, 0.2) is 29.2 Å². The summed E-state index contributed by atoms with van der Waals surface area (Å²) in [6, 6.07) is 5.25. The zero-order valence-electron chi connectivity index (χ0n) is 10.1. The number of rotatable bonds is 6. The largest absolute Gasteiger partial charge is 0.481 e. The molecule has 0 saturated heterocycles. The SMILES string of the molecule is CSc1ccccc1C(=O)NC(CC(=O)O)C(=O)O. The van der Waals surface area contributed by atoms with Gasteiger partial charge < -0.3 is 15.5 Å². The van der Waals surface area contributed by atoms with E-state index in [1.54, 1.807) is 30.5 Å². The maximum Gasteiger partial charge on any atom is 0.326 e. The van der Waals surface area contributed by atoms with Gasteiger partial charge in [0.15, 0.2) is 0 Å². The third kappa shape index (κ3) is 4.29. The van der Waals surface area contributed by atoms with E-state index in [0.717, 1.165) is 0 Å². The Morgan fingerprint density at radius 3 is 2.42 bits per heavy atom. The fraction of sp³-hybridized carbons (Fsp3) is 0.250. The first-order chi connectivity index (χ1) is 8.95. The summed E-state index contributed by atoms with van der Waals surface area (Å²) < 4.78 is 0. The Labute approximate surface area is 113 Å². The average molecular weight is 283 g/mol. The number of carboxylic acid groups (broad SMARTS) is 2. The predicted molar refractivity (Wildman–Crippen MR) is 69.4 cm³/mol. The molecule has 3 N–H and O–H groups in total. The van der Waals surface area contributed by atoms with E-state index >= 15 is 0 Å². The standard InChI is InChI=1S/C12H13NO5S/c1-19-9-5-3-2-4-7(9)11(16)13-8(12(17)18)6-10(14)15/h2-5,8H,6H2,1H3,(H,13,16)(H,14,15)(H,17,18). The normalized spacial score (nSPS) is 11.6. The van der Waals surface area contributed by atoms with Crippen molar-refractivity contribution >= 4 is 29.6 Å². The molecule has 0 fully saturated rings. The lowest BCUT2D eigenvalue weighted by molar-refractivity contribution is -0.145. The van der Waals surface area contributed by atoms with Crippen molar-refractivity contribution in [3.05, 3.63) is 29.8 Å². The first-order valence-corrected chi connectivity index (χ1v) is 6.56. The van der Waals surface area contributed by atoms with Crippen LogP contribution < -0.4 is 5.32 Å². The van der Waals surface area contributed by atoms with Gasteiger partial charge in [-0.05, 0) is 18.4 Å². The smallest absolute Gasteiger partial charge is 0.326 e. The van der Waals surface area contributed by atoms with Crippen LogP contribution >= 0.6 is 11.8 Å². The molecule has 1 aromatic carbocycles. The number of carbonyl (C=O) groups is 3. The molecule has 1 unspecified atom stereocenters. The predicted octanol–water partition coefficient (Wildman–Crippen LogP) is 1.07. The summed E-state index contributed by atoms with van der Waals surface area (Å²) in [5.74, 6) is -3.26. The van der Waals surface area contributed by atoms with Crippen LogP contribution in [0.1, 0.15) is 16.8 Å². The highest BCUT2D eigenvalue weighted by Gasteiger charge is 2.24. The summed E-state index contributed by atoms with van der Waals surface area (Å²) in [5, 5.41) is 19.7. The molecule has 0 aliphatic heterocycles. The highest BCUT2D eigenvalue weighted by atomic mass is 32.2. The summed E-state index contributed by atoms with van der Waals surface area (Å²) in [6.07, 6.45) is 1.13. The quantitative estimate of drug-likeness (QED) is 0.675. The van der Waals surface area contributed by atoms with Gasteiger partial charge in [-0.2, -0.15) is 0 Å². The Balaban J connectivity index is 2.87. The Kier molecular flexibility index (Phi) is 5.37. The summed E-state index contributed by atoms with van der Waals surface area (Å²) in [4.78, 5) is 34.0. The van der Waals surface area contributed by atoms with Crippen LogP contribution in [0.25, 0.3) is 0 Å². The lowest BCUT2D eigenvalue weighted by Crippen LogP contribution is -2.42. The lowest BCUT2D eigenvalue weighted by atomic mass is 10.1. The van der Waals surface area contributed by atoms with Crippen molar-refractivity contribution in [1.82, 2.24) is 5.32 Å². The maximum absolute atomic E-state index is 11.9. The molecule has 0 radical (unpaired) electrons. The molecule has 0 aromatic heterocycles. The van der Waals surface area contributed by atoms with Gasteiger partial charge in [-0.3, -0.25) is 9.59 Å². The van der Waals surface area contributed by atoms with E-state index in [0.29, 0.717) is 10.5 Å². The highest BCUT2D eigenvalue weighted by molar-refractivity contribution is 7.98. The fourth-order valence-electron chi connectivity index (χ4n) is 1.44. The third-order valence-corrected chi connectivity index (χ3v) is 3.13. The molecule has 7 heteroatoms. The van der Waals surface area contributed by atoms with Crippen molar-refractivity contribution in [2.24, 2.45) is 0 Å². The van der Waals surface area contributed by atoms with Crippen molar-refractivity contribution < 1.29 is 24.6 Å². The number of carbonyl (C=O) groups excluding carboxylic acids is 1. The van der Waals surface area contributed by atoms with E-state index in [1.165, 1.54) is 11.8 Å². The van der Waals surface area contributed by atoms with Crippen LogP contribution in [0.2, 0.25) is 0 Å². The Morgan fingerprint density at radius 2 is 1.89 bits per heavy atom. The summed E-state index contributed by atoms with van der Waals surface area (Å²) in [7, 11) is 0. The minimum absolute atomic E-state index is 0.326. The van der Waals surface area contributed by atoms with Crippen molar-refractivity contribution in [2.45, 2.75) is 17.4 Å².